The predicted octanol–water partition coefficient (Wildman–Crippen LogP) is 32.2. The number of hydrogen-bond acceptors (Lipinski definition) is 18. The summed E-state index contributed by atoms with van der Waals surface area (Å²) in [4.78, 5) is 0. The Morgan fingerprint density at radius 3 is 0.523 bits per heavy atom. The highest BCUT2D eigenvalue weighted by Gasteiger charge is 2.84. The Morgan fingerprint density at radius 2 is 0.338 bits per heavy atom. The second-order valence-corrected chi connectivity index (χ2v) is 65.1. The largest absolute Gasteiger partial charge is 0.501 e. The van der Waals surface area contributed by atoms with Crippen molar-refractivity contribution >= 4 is 217 Å². The van der Waals surface area contributed by atoms with Gasteiger partial charge >= 0.3 is 86.4 Å². The molecule has 10 fully saturated rings. The molecule has 0 radical (unpaired) electrons. The fourth-order valence-corrected chi connectivity index (χ4v) is 76.9. The van der Waals surface area contributed by atoms with Gasteiger partial charge in [0.05, 0.1) is 0 Å². The molecule has 130 heavy (non-hydrogen) atoms. The van der Waals surface area contributed by atoms with Crippen molar-refractivity contribution in [2.75, 3.05) is 0 Å². The third kappa shape index (κ3) is 15.1. The van der Waals surface area contributed by atoms with Crippen molar-refractivity contribution in [1.82, 2.24) is 0 Å². The maximum atomic E-state index is 9.59. The van der Waals surface area contributed by atoms with Crippen LogP contribution in [0, 0.1) is 0 Å². The third-order valence-corrected chi connectivity index (χ3v) is 69.5. The lowest BCUT2D eigenvalue weighted by molar-refractivity contribution is -0.00709. The molecule has 3 saturated heterocycles. The van der Waals surface area contributed by atoms with Gasteiger partial charge in [-0.1, -0.05) is 317 Å². The maximum Gasteiger partial charge on any atom is 0.501 e. The van der Waals surface area contributed by atoms with Crippen molar-refractivity contribution in [3.05, 3.63) is 218 Å². The SMILES string of the molecule is c1ccc2c(c1)ccc1op(O[Si]3(C4CCCCC4)O[Si]4(C5CCCCC5)O[Si](Op5oc6ccc7ccccc7c6c6c(ccc7ccccc76)o5)(C5CCCCC5)O[Si]5(C6CCCCC6)O[Si](Op6oc7ccc8ccccc8c7c7c(ccc8ccccc87)o6)(C6CCCCC6)O[Si](C6CCCCC6)(O3)O[Si](C3CCCCC3)(O4)O5)oc3ccc4ccccc4c3c12. The number of benzene rings is 12. The van der Waals surface area contributed by atoms with Gasteiger partial charge in [-0.15, -0.1) is 0 Å². The highest BCUT2D eigenvalue weighted by Crippen LogP contribution is 2.65. The molecule has 10 aliphatic rings. The molecule has 12 aromatic carbocycles. The van der Waals surface area contributed by atoms with Gasteiger partial charge in [0.2, 0.25) is 0 Å². The molecule has 25 rings (SSSR count). The molecule has 0 atom stereocenters. The van der Waals surface area contributed by atoms with E-state index >= 15 is 0 Å². The van der Waals surface area contributed by atoms with E-state index in [0.29, 0.717) is 72.0 Å². The van der Waals surface area contributed by atoms with Gasteiger partial charge < -0.3 is 62.2 Å². The van der Waals surface area contributed by atoms with Gasteiger partial charge in [-0.05, 0) is 191 Å². The van der Waals surface area contributed by atoms with Gasteiger partial charge in [-0.25, -0.2) is 0 Å². The summed E-state index contributed by atoms with van der Waals surface area (Å²) in [7, 11) is -42.4. The molecule has 6 heterocycles. The van der Waals surface area contributed by atoms with Crippen LogP contribution < -0.4 is 12.6 Å². The molecule has 7 aliphatic carbocycles. The molecule has 28 heteroatoms. The van der Waals surface area contributed by atoms with Crippen LogP contribution in [0.15, 0.2) is 244 Å². The van der Waals surface area contributed by atoms with E-state index in [1.54, 1.807) is 0 Å². The molecule has 0 unspecified atom stereocenters. The molecule has 15 aromatic rings. The summed E-state index contributed by atoms with van der Waals surface area (Å²) in [5.41, 5.74) is 1.23. The Bertz CT molecular complexity index is 6020. The van der Waals surface area contributed by atoms with Crippen LogP contribution in [0.2, 0.25) is 38.8 Å². The molecule has 0 N–H and O–H groups in total. The van der Waals surface area contributed by atoms with Crippen molar-refractivity contribution in [3.63, 3.8) is 0 Å². The second kappa shape index (κ2) is 34.9. The summed E-state index contributed by atoms with van der Waals surface area (Å²) in [6, 6.07) is 77.5. The lowest BCUT2D eigenvalue weighted by atomic mass is 9.99. The quantitative estimate of drug-likeness (QED) is 0.0990. The van der Waals surface area contributed by atoms with Gasteiger partial charge in [0.25, 0.3) is 0 Å². The number of fused-ring (bicyclic) bond motifs is 24. The van der Waals surface area contributed by atoms with Crippen LogP contribution >= 0.6 is 24.7 Å². The van der Waals surface area contributed by atoms with Crippen molar-refractivity contribution in [2.24, 2.45) is 0 Å². The highest BCUT2D eigenvalue weighted by molar-refractivity contribution is 7.35. The van der Waals surface area contributed by atoms with E-state index in [9.17, 15) is 37.0 Å². The van der Waals surface area contributed by atoms with Crippen molar-refractivity contribution in [3.8, 4) is 0 Å². The minimum atomic E-state index is -5.02. The molecular weight excluding hydrogens is 1800 g/mol. The fourth-order valence-electron chi connectivity index (χ4n) is 24.6. The Hall–Kier alpha value is -7.06. The lowest BCUT2D eigenvalue weighted by Crippen LogP contribution is -2.86. The first-order valence-electron chi connectivity index (χ1n) is 49.1. The second-order valence-electron chi connectivity index (χ2n) is 38.9. The maximum absolute atomic E-state index is 9.59. The first-order chi connectivity index (χ1) is 64.1. The van der Waals surface area contributed by atoms with Crippen LogP contribution in [0.4, 0.5) is 0 Å². The normalized spacial score (nSPS) is 28.0. The van der Waals surface area contributed by atoms with Gasteiger partial charge in [0.1, 0.15) is 33.5 Å². The summed E-state index contributed by atoms with van der Waals surface area (Å²) < 4.78 is 160. The standard InChI is InChI=1S/C102H113O18P3Si7/c1-8-40-78(41-9-1)124(109-121-103-91-66-60-72-34-22-28-54-85(72)97(91)98-86-55-29-23-35-73(86)61-67-92(98)104-121)112-127(81-46-14-4-15-47-81)114-125(79-42-10-2-11-43-79,110-122-105-93-68-62-74-36-24-30-56-87(74)99(93)100-88-57-31-25-37-75(88)63-69-94(100)106-122)116-129(83-50-18-6-19-51-83)117-126(80-44-12-3-13-45-80,115-128(113-124,82-48-16-5-17-49-82)119-130(118-127,120-129)84-52-20-7-21-53-84)111-123-107-95-70-64-76-38-26-32-58-89(76)101(95)102-90-59-33-27-39-77(90)65-71-96(102)108-123/h22-39,54-71,78-84H,1-21,40-53H2. The van der Waals surface area contributed by atoms with E-state index in [2.05, 4.69) is 218 Å². The van der Waals surface area contributed by atoms with E-state index in [0.717, 1.165) is 283 Å². The van der Waals surface area contributed by atoms with E-state index in [4.69, 9.17) is 37.8 Å². The summed E-state index contributed by atoms with van der Waals surface area (Å²) in [6.45, 7) is 0. The van der Waals surface area contributed by atoms with Gasteiger partial charge in [-0.3, -0.25) is 12.6 Å². The third-order valence-electron chi connectivity index (χ3n) is 31.0. The monoisotopic (exact) mass is 1910 g/mol. The van der Waals surface area contributed by atoms with E-state index < -0.39 is 103 Å². The van der Waals surface area contributed by atoms with Crippen molar-refractivity contribution in [2.45, 2.75) is 264 Å². The van der Waals surface area contributed by atoms with Crippen LogP contribution in [0.5, 0.6) is 0 Å². The average Bonchev–Trinajstić information content (AvgIpc) is 0.696. The summed E-state index contributed by atoms with van der Waals surface area (Å²) >= 11 is 0. The number of hydrogen-bond donors (Lipinski definition) is 0. The van der Waals surface area contributed by atoms with Crippen LogP contribution in [0.1, 0.15) is 225 Å². The predicted molar refractivity (Wildman–Crippen MR) is 532 cm³/mol. The molecule has 672 valence electrons. The van der Waals surface area contributed by atoms with Crippen LogP contribution in [0.25, 0.3) is 130 Å². The Balaban J connectivity index is 0.827. The van der Waals surface area contributed by atoms with Crippen LogP contribution in [0.3, 0.4) is 0 Å². The van der Waals surface area contributed by atoms with E-state index in [1.807, 2.05) is 0 Å². The average molecular weight is 1920 g/mol. The minimum absolute atomic E-state index is 0.282. The molecule has 7 saturated carbocycles. The Kier molecular flexibility index (Phi) is 22.8. The Labute approximate surface area is 768 Å². The first-order valence-corrected chi connectivity index (χ1v) is 65.0. The zero-order valence-corrected chi connectivity index (χ0v) is 83.4. The smallest absolute Gasteiger partial charge is 0.399 e. The Morgan fingerprint density at radius 1 is 0.177 bits per heavy atom. The molecule has 0 spiro atoms. The minimum Gasteiger partial charge on any atom is -0.399 e. The molecule has 3 aromatic heterocycles. The van der Waals surface area contributed by atoms with Crippen LogP contribution in [-0.4, -0.2) is 61.6 Å². The van der Waals surface area contributed by atoms with Crippen molar-refractivity contribution in [1.29, 1.82) is 0 Å². The first kappa shape index (κ1) is 84.7. The zero-order valence-electron chi connectivity index (χ0n) is 73.8. The van der Waals surface area contributed by atoms with Gasteiger partial charge in [0, 0.05) is 71.1 Å². The molecule has 0 amide bonds. The number of rotatable bonds is 13. The lowest BCUT2D eigenvalue weighted by Gasteiger charge is -2.63. The summed E-state index contributed by atoms with van der Waals surface area (Å²) in [5, 5.41) is 18.3. The molecule has 4 bridgehead atoms. The molecular formula is C102H113O18P3Si7. The zero-order chi connectivity index (χ0) is 86.1. The molecule has 3 aliphatic heterocycles. The highest BCUT2D eigenvalue weighted by atomic mass is 31.1. The van der Waals surface area contributed by atoms with Gasteiger partial charge in [-0.2, -0.15) is 0 Å². The fraction of sp³-hybridized carbons (Fsp3) is 0.412. The van der Waals surface area contributed by atoms with Gasteiger partial charge in [0.15, 0.2) is 0 Å². The van der Waals surface area contributed by atoms with E-state index in [1.165, 1.54) is 0 Å². The van der Waals surface area contributed by atoms with Crippen LogP contribution in [-0.2, 0) is 37.0 Å². The molecule has 18 nitrogen and oxygen atoms in total. The topological polar surface area (TPSA) is 190 Å². The van der Waals surface area contributed by atoms with Crippen molar-refractivity contribution < 1.29 is 74.9 Å². The summed E-state index contributed by atoms with van der Waals surface area (Å²) in [6.07, 6.45) is 30.0. The summed E-state index contributed by atoms with van der Waals surface area (Å²) in [5.74, 6) is 0. The van der Waals surface area contributed by atoms with E-state index in [-0.39, 0.29) is 22.2 Å².